The summed E-state index contributed by atoms with van der Waals surface area (Å²) >= 11 is 0. The molecule has 0 spiro atoms. The number of fused-ring (bicyclic) bond motifs is 1. The molecule has 2 N–H and O–H groups in total. The fourth-order valence-electron chi connectivity index (χ4n) is 3.81. The van der Waals surface area contributed by atoms with E-state index >= 15 is 0 Å². The first kappa shape index (κ1) is 15.8. The molecule has 128 valence electrons. The van der Waals surface area contributed by atoms with E-state index < -0.39 is 0 Å². The average Bonchev–Trinajstić information content (AvgIpc) is 3.38. The van der Waals surface area contributed by atoms with Gasteiger partial charge < -0.3 is 10.1 Å². The lowest BCUT2D eigenvalue weighted by molar-refractivity contribution is 0.218. The van der Waals surface area contributed by atoms with E-state index in [0.29, 0.717) is 24.1 Å². The Labute approximate surface area is 145 Å². The van der Waals surface area contributed by atoms with Gasteiger partial charge in [0.1, 0.15) is 5.65 Å². The molecule has 0 aliphatic heterocycles. The van der Waals surface area contributed by atoms with Crippen molar-refractivity contribution in [2.24, 2.45) is 11.8 Å². The molecule has 3 aromatic heterocycles. The van der Waals surface area contributed by atoms with E-state index in [-0.39, 0.29) is 12.6 Å². The van der Waals surface area contributed by atoms with E-state index in [9.17, 15) is 10.4 Å². The highest BCUT2D eigenvalue weighted by Gasteiger charge is 2.32. The summed E-state index contributed by atoms with van der Waals surface area (Å²) in [6, 6.07) is 4.25. The highest BCUT2D eigenvalue weighted by molar-refractivity contribution is 5.76. The monoisotopic (exact) mass is 336 g/mol. The molecular formula is C18H20N6O. The maximum atomic E-state index is 9.38. The number of hydrogen-bond acceptors (Lipinski definition) is 5. The SMILES string of the molecule is N#CCC(C1CCC(CO)C1)n1cc(-c2ncc3cc[nH]c3n2)cn1. The molecule has 1 saturated carbocycles. The molecular weight excluding hydrogens is 316 g/mol. The summed E-state index contributed by atoms with van der Waals surface area (Å²) in [7, 11) is 0. The Hall–Kier alpha value is -2.72. The van der Waals surface area contributed by atoms with Crippen molar-refractivity contribution in [2.45, 2.75) is 31.7 Å². The summed E-state index contributed by atoms with van der Waals surface area (Å²) in [4.78, 5) is 12.0. The van der Waals surface area contributed by atoms with Gasteiger partial charge in [0, 0.05) is 30.6 Å². The van der Waals surface area contributed by atoms with E-state index in [1.165, 1.54) is 0 Å². The minimum Gasteiger partial charge on any atom is -0.396 e. The molecule has 1 fully saturated rings. The van der Waals surface area contributed by atoms with E-state index in [4.69, 9.17) is 0 Å². The maximum absolute atomic E-state index is 9.38. The third-order valence-electron chi connectivity index (χ3n) is 5.18. The molecule has 1 aliphatic rings. The van der Waals surface area contributed by atoms with Crippen molar-refractivity contribution in [3.8, 4) is 17.5 Å². The molecule has 0 amide bonds. The maximum Gasteiger partial charge on any atom is 0.164 e. The van der Waals surface area contributed by atoms with Crippen LogP contribution in [-0.2, 0) is 0 Å². The molecule has 3 heterocycles. The summed E-state index contributed by atoms with van der Waals surface area (Å²) in [5, 5.41) is 24.1. The molecule has 3 aromatic rings. The van der Waals surface area contributed by atoms with Crippen LogP contribution in [0.15, 0.2) is 30.9 Å². The van der Waals surface area contributed by atoms with Gasteiger partial charge in [-0.1, -0.05) is 0 Å². The second kappa shape index (κ2) is 6.65. The van der Waals surface area contributed by atoms with Crippen molar-refractivity contribution in [1.29, 1.82) is 5.26 Å². The first-order valence-corrected chi connectivity index (χ1v) is 8.61. The summed E-state index contributed by atoms with van der Waals surface area (Å²) in [6.07, 6.45) is 10.7. The molecule has 7 heteroatoms. The van der Waals surface area contributed by atoms with Crippen LogP contribution in [0.4, 0.5) is 0 Å². The molecule has 4 rings (SSSR count). The molecule has 3 atom stereocenters. The van der Waals surface area contributed by atoms with Crippen molar-refractivity contribution in [3.63, 3.8) is 0 Å². The second-order valence-electron chi connectivity index (χ2n) is 6.74. The first-order valence-electron chi connectivity index (χ1n) is 8.61. The highest BCUT2D eigenvalue weighted by atomic mass is 16.3. The molecule has 0 radical (unpaired) electrons. The molecule has 25 heavy (non-hydrogen) atoms. The smallest absolute Gasteiger partial charge is 0.164 e. The third kappa shape index (κ3) is 3.01. The molecule has 0 saturated heterocycles. The number of aliphatic hydroxyl groups excluding tert-OH is 1. The van der Waals surface area contributed by atoms with Gasteiger partial charge in [-0.15, -0.1) is 0 Å². The Morgan fingerprint density at radius 2 is 2.32 bits per heavy atom. The quantitative estimate of drug-likeness (QED) is 0.745. The van der Waals surface area contributed by atoms with Gasteiger partial charge >= 0.3 is 0 Å². The summed E-state index contributed by atoms with van der Waals surface area (Å²) < 4.78 is 1.88. The fraction of sp³-hybridized carbons (Fsp3) is 0.444. The van der Waals surface area contributed by atoms with Crippen molar-refractivity contribution in [1.82, 2.24) is 24.7 Å². The number of nitriles is 1. The summed E-state index contributed by atoms with van der Waals surface area (Å²) in [5.41, 5.74) is 1.64. The van der Waals surface area contributed by atoms with Crippen LogP contribution in [0.3, 0.4) is 0 Å². The first-order chi connectivity index (χ1) is 12.3. The standard InChI is InChI=1S/C18H20N6O/c19-5-3-16(13-2-1-12(7-13)11-25)24-10-15(9-22-24)18-21-8-14-4-6-20-17(14)23-18/h4,6,8-10,12-13,16,25H,1-3,7,11H2,(H,20,21,23). The number of aromatic nitrogens is 5. The molecule has 3 unspecified atom stereocenters. The normalized spacial score (nSPS) is 21.4. The van der Waals surface area contributed by atoms with E-state index in [2.05, 4.69) is 26.1 Å². The van der Waals surface area contributed by atoms with Gasteiger partial charge in [-0.2, -0.15) is 10.4 Å². The van der Waals surface area contributed by atoms with Gasteiger partial charge in [-0.25, -0.2) is 9.97 Å². The lowest BCUT2D eigenvalue weighted by Gasteiger charge is -2.21. The van der Waals surface area contributed by atoms with Crippen LogP contribution in [0.5, 0.6) is 0 Å². The number of aliphatic hydroxyl groups is 1. The van der Waals surface area contributed by atoms with Gasteiger partial charge in [-0.05, 0) is 37.2 Å². The Balaban J connectivity index is 1.60. The third-order valence-corrected chi connectivity index (χ3v) is 5.18. The van der Waals surface area contributed by atoms with Gasteiger partial charge in [0.2, 0.25) is 0 Å². The van der Waals surface area contributed by atoms with Gasteiger partial charge in [0.05, 0.1) is 30.3 Å². The summed E-state index contributed by atoms with van der Waals surface area (Å²) in [5.74, 6) is 1.34. The number of nitrogens with zero attached hydrogens (tertiary/aromatic N) is 5. The largest absolute Gasteiger partial charge is 0.396 e. The zero-order valence-electron chi connectivity index (χ0n) is 13.8. The van der Waals surface area contributed by atoms with Crippen LogP contribution in [0.2, 0.25) is 0 Å². The number of H-pyrrole nitrogens is 1. The van der Waals surface area contributed by atoms with Gasteiger partial charge in [0.15, 0.2) is 5.82 Å². The number of nitrogens with one attached hydrogen (secondary N) is 1. The van der Waals surface area contributed by atoms with Crippen LogP contribution >= 0.6 is 0 Å². The molecule has 0 bridgehead atoms. The highest BCUT2D eigenvalue weighted by Crippen LogP contribution is 2.39. The lowest BCUT2D eigenvalue weighted by atomic mass is 9.95. The fourth-order valence-corrected chi connectivity index (χ4v) is 3.81. The zero-order valence-corrected chi connectivity index (χ0v) is 13.8. The average molecular weight is 336 g/mol. The van der Waals surface area contributed by atoms with Gasteiger partial charge in [0.25, 0.3) is 0 Å². The number of aromatic amines is 1. The van der Waals surface area contributed by atoms with Crippen LogP contribution < -0.4 is 0 Å². The van der Waals surface area contributed by atoms with Crippen molar-refractivity contribution in [3.05, 3.63) is 30.9 Å². The Morgan fingerprint density at radius 3 is 3.12 bits per heavy atom. The Kier molecular flexibility index (Phi) is 4.20. The van der Waals surface area contributed by atoms with Crippen molar-refractivity contribution < 1.29 is 5.11 Å². The van der Waals surface area contributed by atoms with Crippen LogP contribution in [0, 0.1) is 23.2 Å². The zero-order chi connectivity index (χ0) is 17.2. The predicted octanol–water partition coefficient (Wildman–Crippen LogP) is 2.68. The molecule has 0 aromatic carbocycles. The van der Waals surface area contributed by atoms with Crippen LogP contribution in [0.25, 0.3) is 22.4 Å². The molecule has 7 nitrogen and oxygen atoms in total. The van der Waals surface area contributed by atoms with E-state index in [1.54, 1.807) is 12.4 Å². The van der Waals surface area contributed by atoms with Crippen molar-refractivity contribution >= 4 is 11.0 Å². The van der Waals surface area contributed by atoms with Crippen molar-refractivity contribution in [2.75, 3.05) is 6.61 Å². The Morgan fingerprint density at radius 1 is 1.40 bits per heavy atom. The van der Waals surface area contributed by atoms with Crippen LogP contribution in [-0.4, -0.2) is 36.4 Å². The van der Waals surface area contributed by atoms with Gasteiger partial charge in [-0.3, -0.25) is 4.68 Å². The molecule has 1 aliphatic carbocycles. The Bertz CT molecular complexity index is 908. The summed E-state index contributed by atoms with van der Waals surface area (Å²) in [6.45, 7) is 0.226. The van der Waals surface area contributed by atoms with Crippen LogP contribution in [0.1, 0.15) is 31.7 Å². The number of rotatable bonds is 5. The minimum atomic E-state index is 0.0320. The number of hydrogen-bond donors (Lipinski definition) is 2. The lowest BCUT2D eigenvalue weighted by Crippen LogP contribution is -2.18. The van der Waals surface area contributed by atoms with E-state index in [0.717, 1.165) is 35.9 Å². The van der Waals surface area contributed by atoms with E-state index in [1.807, 2.05) is 23.1 Å². The second-order valence-corrected chi connectivity index (χ2v) is 6.74. The minimum absolute atomic E-state index is 0.0320. The predicted molar refractivity (Wildman–Crippen MR) is 92.3 cm³/mol. The topological polar surface area (TPSA) is 103 Å².